The fraction of sp³-hybridized carbons (Fsp3) is 0.581. The van der Waals surface area contributed by atoms with Crippen molar-refractivity contribution < 1.29 is 13.7 Å². The number of aromatic amines is 2. The SMILES string of the molecule is CC.CC.CC.CC.CC.CC.CC.CC.CC1=CCN=N1.CC1=NCC=N1.Cc1cn[nH]n1.Cc1ncn[nH]1.Cc1noc(C)n1.Cc1noc(C)n1.Cc1nonc1C.Cc1nsc(C)n1.Cc1nsnc1C.Cn1ccnn1.Cn1cncn1.Cn1cnnc1.Cn1nccn1. The Morgan fingerprint density at radius 3 is 1.16 bits per heavy atom. The Hall–Kier alpha value is -9.94. The van der Waals surface area contributed by atoms with Gasteiger partial charge in [-0.3, -0.25) is 19.5 Å². The summed E-state index contributed by atoms with van der Waals surface area (Å²) in [6, 6.07) is 0. The molecular weight excluding hydrogens is 1310 g/mol. The number of aromatic nitrogens is 28. The summed E-state index contributed by atoms with van der Waals surface area (Å²) in [7, 11) is 7.31. The lowest BCUT2D eigenvalue weighted by atomic mass is 10.4. The van der Waals surface area contributed by atoms with Gasteiger partial charge >= 0.3 is 0 Å². The number of allylic oxidation sites excluding steroid dienone is 1. The normalized spacial score (nSPS) is 9.27. The third kappa shape index (κ3) is 75.3. The Morgan fingerprint density at radius 1 is 0.515 bits per heavy atom. The van der Waals surface area contributed by atoms with Gasteiger partial charge < -0.3 is 13.6 Å². The van der Waals surface area contributed by atoms with Crippen LogP contribution in [-0.2, 0) is 28.2 Å². The van der Waals surface area contributed by atoms with Gasteiger partial charge in [0.05, 0.1) is 72.4 Å². The molecule has 0 amide bonds. The molecule has 2 aliphatic rings. The van der Waals surface area contributed by atoms with Crippen LogP contribution >= 0.6 is 23.3 Å². The molecule has 0 saturated carbocycles. The molecule has 0 bridgehead atoms. The van der Waals surface area contributed by atoms with E-state index in [4.69, 9.17) is 0 Å². The molecule has 0 aliphatic carbocycles. The van der Waals surface area contributed by atoms with Crippen molar-refractivity contribution in [2.75, 3.05) is 13.1 Å². The number of aliphatic imine (C=N–C) groups is 2. The van der Waals surface area contributed by atoms with Crippen LogP contribution in [0.2, 0.25) is 0 Å². The summed E-state index contributed by atoms with van der Waals surface area (Å²) in [6.07, 6.45) is 20.0. The number of hydrogen-bond acceptors (Lipinski definition) is 31. The van der Waals surface area contributed by atoms with Crippen LogP contribution in [-0.4, -0.2) is 164 Å². The summed E-state index contributed by atoms with van der Waals surface area (Å²) in [4.78, 5) is 28.4. The van der Waals surface area contributed by atoms with Crippen molar-refractivity contribution in [3.05, 3.63) is 143 Å². The second-order valence-electron chi connectivity index (χ2n) is 15.9. The lowest BCUT2D eigenvalue weighted by Crippen LogP contribution is -1.89. The first-order valence-corrected chi connectivity index (χ1v) is 33.9. The summed E-state index contributed by atoms with van der Waals surface area (Å²) in [5.41, 5.74) is 5.78. The standard InChI is InChI=1S/3C4H6N2O.2C4H6N2S.2C4H6N2.6C3H5N3.8C2H6/c2*1-3-5-4(2)7-6-3;1-3-4(2)6-7-5-3;1-3-5-4(2)7-6-3;1-3-4(2)6-7-5-3;1-4-5-2-3-6-4;1-4-2-3-5-6-4;1-6-2-4-5-3-6;1-6-3-4-2-5-6;1-6-3-2-4-5-6;1-6-4-2-3-5-6;1-3-4-2-5-6-3;1-3-2-4-6-5-3;8*1-2/h5*1-2H3;2*2H,3H2,1H3;4*2-3H,1H3;2*2H,1H3,(H,4,5,6);8*1-2H3. The van der Waals surface area contributed by atoms with Crippen molar-refractivity contribution in [3.63, 3.8) is 0 Å². The van der Waals surface area contributed by atoms with Crippen LogP contribution in [0.1, 0.15) is 193 Å². The maximum absolute atomic E-state index is 4.60. The van der Waals surface area contributed by atoms with Crippen molar-refractivity contribution in [3.8, 4) is 0 Å². The molecular formula is C62H120N32O3S2. The largest absolute Gasteiger partial charge is 0.340 e. The number of hydrogen-bond donors (Lipinski definition) is 2. The average molecular weight is 1430 g/mol. The van der Waals surface area contributed by atoms with Crippen molar-refractivity contribution in [1.82, 2.24) is 139 Å². The molecule has 2 N–H and O–H groups in total. The second-order valence-corrected chi connectivity index (χ2v) is 17.4. The predicted octanol–water partition coefficient (Wildman–Crippen LogP) is 13.9. The number of amidine groups is 1. The maximum Gasteiger partial charge on any atom is 0.223 e. The van der Waals surface area contributed by atoms with Crippen molar-refractivity contribution in [2.45, 2.75) is 208 Å². The van der Waals surface area contributed by atoms with Crippen LogP contribution < -0.4 is 0 Å². The third-order valence-electron chi connectivity index (χ3n) is 8.24. The van der Waals surface area contributed by atoms with Crippen molar-refractivity contribution in [1.29, 1.82) is 0 Å². The van der Waals surface area contributed by atoms with Crippen LogP contribution in [0.4, 0.5) is 0 Å². The molecule has 2 aliphatic heterocycles. The van der Waals surface area contributed by atoms with E-state index in [0.29, 0.717) is 23.4 Å². The molecule has 11 aromatic heterocycles. The van der Waals surface area contributed by atoms with Gasteiger partial charge in [-0.1, -0.05) is 137 Å². The van der Waals surface area contributed by atoms with Gasteiger partial charge in [0.25, 0.3) is 0 Å². The summed E-state index contributed by atoms with van der Waals surface area (Å²) in [5, 5.41) is 63.9. The molecule has 11 aromatic rings. The number of nitrogens with zero attached hydrogens (tertiary/aromatic N) is 30. The number of aryl methyl sites for hydroxylation is 16. The minimum Gasteiger partial charge on any atom is -0.340 e. The number of rotatable bonds is 0. The molecule has 0 radical (unpaired) electrons. The van der Waals surface area contributed by atoms with Crippen molar-refractivity contribution in [2.24, 2.45) is 48.4 Å². The van der Waals surface area contributed by atoms with Gasteiger partial charge in [0.15, 0.2) is 11.6 Å². The zero-order chi connectivity index (χ0) is 77.6. The van der Waals surface area contributed by atoms with Gasteiger partial charge in [-0.2, -0.15) is 73.9 Å². The van der Waals surface area contributed by atoms with E-state index in [1.807, 2.05) is 207 Å². The van der Waals surface area contributed by atoms with Gasteiger partial charge in [0, 0.05) is 54.4 Å². The van der Waals surface area contributed by atoms with E-state index in [9.17, 15) is 0 Å². The molecule has 0 saturated heterocycles. The highest BCUT2D eigenvalue weighted by atomic mass is 32.1. The van der Waals surface area contributed by atoms with Crippen LogP contribution in [0.5, 0.6) is 0 Å². The Labute approximate surface area is 597 Å². The minimum absolute atomic E-state index is 0.623. The van der Waals surface area contributed by atoms with Gasteiger partial charge in [-0.25, -0.2) is 24.6 Å². The zero-order valence-electron chi connectivity index (χ0n) is 65.8. The topological polar surface area (TPSA) is 424 Å². The molecule has 0 unspecified atom stereocenters. The minimum atomic E-state index is 0.623. The number of nitrogens with one attached hydrogen (secondary N) is 2. The summed E-state index contributed by atoms with van der Waals surface area (Å²) in [6.45, 7) is 59.7. The number of H-pyrrole nitrogens is 2. The molecule has 558 valence electrons. The average Bonchev–Trinajstić information content (AvgIpc) is 2.18. The summed E-state index contributed by atoms with van der Waals surface area (Å²) < 4.78 is 30.4. The van der Waals surface area contributed by atoms with Crippen molar-refractivity contribution >= 4 is 35.3 Å². The Balaban J connectivity index is -0.000000148. The Kier molecular flexibility index (Phi) is 85.5. The quantitative estimate of drug-likeness (QED) is 0.142. The molecule has 0 fully saturated rings. The predicted molar refractivity (Wildman–Crippen MR) is 397 cm³/mol. The molecule has 13 rings (SSSR count). The highest BCUT2D eigenvalue weighted by molar-refractivity contribution is 7.05. The van der Waals surface area contributed by atoms with Gasteiger partial charge in [0.2, 0.25) is 11.8 Å². The lowest BCUT2D eigenvalue weighted by molar-refractivity contribution is 0.302. The molecule has 35 nitrogen and oxygen atoms in total. The van der Waals surface area contributed by atoms with Crippen LogP contribution in [0.15, 0.2) is 108 Å². The fourth-order valence-corrected chi connectivity index (χ4v) is 5.13. The first kappa shape index (κ1) is 105. The molecule has 0 aromatic carbocycles. The zero-order valence-corrected chi connectivity index (χ0v) is 67.4. The van der Waals surface area contributed by atoms with E-state index in [1.165, 1.54) is 40.7 Å². The highest BCUT2D eigenvalue weighted by Gasteiger charge is 1.95. The van der Waals surface area contributed by atoms with Crippen LogP contribution in [0.3, 0.4) is 0 Å². The van der Waals surface area contributed by atoms with E-state index in [2.05, 4.69) is 154 Å². The van der Waals surface area contributed by atoms with E-state index in [1.54, 1.807) is 105 Å². The Bertz CT molecular complexity index is 2810. The van der Waals surface area contributed by atoms with Gasteiger partial charge in [-0.05, 0) is 101 Å². The van der Waals surface area contributed by atoms with E-state index in [-0.39, 0.29) is 0 Å². The monoisotopic (exact) mass is 1420 g/mol. The Morgan fingerprint density at radius 2 is 1.04 bits per heavy atom. The third-order valence-corrected chi connectivity index (χ3v) is 9.66. The molecule has 0 atom stereocenters. The lowest BCUT2D eigenvalue weighted by Gasteiger charge is -1.75. The highest BCUT2D eigenvalue weighted by Crippen LogP contribution is 2.02. The molecule has 0 spiro atoms. The van der Waals surface area contributed by atoms with E-state index in [0.717, 1.165) is 69.7 Å². The fourth-order valence-electron chi connectivity index (χ4n) is 4.10. The molecule has 99 heavy (non-hydrogen) atoms. The number of azo groups is 1. The van der Waals surface area contributed by atoms with Gasteiger partial charge in [0.1, 0.15) is 65.5 Å². The van der Waals surface area contributed by atoms with Crippen LogP contribution in [0.25, 0.3) is 0 Å². The molecule has 13 heterocycles. The van der Waals surface area contributed by atoms with Gasteiger partial charge in [-0.15, -0.1) is 15.3 Å². The summed E-state index contributed by atoms with van der Waals surface area (Å²) >= 11 is 2.71. The first-order valence-electron chi connectivity index (χ1n) is 32.3. The summed E-state index contributed by atoms with van der Waals surface area (Å²) in [5.74, 6) is 5.26. The second kappa shape index (κ2) is 80.5. The van der Waals surface area contributed by atoms with E-state index < -0.39 is 0 Å². The van der Waals surface area contributed by atoms with Crippen LogP contribution in [0, 0.1) is 83.1 Å². The molecule has 37 heteroatoms. The van der Waals surface area contributed by atoms with E-state index >= 15 is 0 Å². The first-order chi connectivity index (χ1) is 47.6. The smallest absolute Gasteiger partial charge is 0.223 e. The maximum atomic E-state index is 4.60.